The van der Waals surface area contributed by atoms with Gasteiger partial charge in [0, 0.05) is 29.1 Å². The van der Waals surface area contributed by atoms with Crippen molar-refractivity contribution >= 4 is 22.9 Å². The molecule has 0 spiro atoms. The summed E-state index contributed by atoms with van der Waals surface area (Å²) in [5.41, 5.74) is 10.2. The van der Waals surface area contributed by atoms with E-state index in [0.717, 1.165) is 28.2 Å². The monoisotopic (exact) mass is 325 g/mol. The van der Waals surface area contributed by atoms with E-state index in [9.17, 15) is 0 Å². The first-order valence-corrected chi connectivity index (χ1v) is 7.81. The molecule has 5 nitrogen and oxygen atoms in total. The van der Waals surface area contributed by atoms with Crippen LogP contribution in [0.4, 0.5) is 0 Å². The van der Waals surface area contributed by atoms with Gasteiger partial charge in [-0.3, -0.25) is 4.98 Å². The summed E-state index contributed by atoms with van der Waals surface area (Å²) < 4.78 is 1.81. The van der Waals surface area contributed by atoms with E-state index in [-0.39, 0.29) is 5.41 Å². The van der Waals surface area contributed by atoms with E-state index in [2.05, 4.69) is 30.9 Å². The van der Waals surface area contributed by atoms with Crippen molar-refractivity contribution < 1.29 is 0 Å². The fourth-order valence-corrected chi connectivity index (χ4v) is 2.69. The number of aromatic nitrogens is 4. The molecule has 2 N–H and O–H groups in total. The normalized spacial score (nSPS) is 11.8. The van der Waals surface area contributed by atoms with E-state index in [1.54, 1.807) is 12.4 Å². The van der Waals surface area contributed by atoms with Crippen LogP contribution in [0.5, 0.6) is 0 Å². The first-order valence-electron chi connectivity index (χ1n) is 7.40. The van der Waals surface area contributed by atoms with Crippen LogP contribution in [0.15, 0.2) is 30.6 Å². The highest BCUT2D eigenvalue weighted by atomic mass is 32.1. The number of thiocarbonyl (C=S) groups is 1. The molecular formula is C17H19N5S. The zero-order valence-electron chi connectivity index (χ0n) is 13.7. The predicted octanol–water partition coefficient (Wildman–Crippen LogP) is 3.03. The van der Waals surface area contributed by atoms with Gasteiger partial charge >= 0.3 is 0 Å². The van der Waals surface area contributed by atoms with Crippen LogP contribution in [-0.4, -0.2) is 24.6 Å². The molecule has 0 aliphatic rings. The molecule has 118 valence electrons. The van der Waals surface area contributed by atoms with Gasteiger partial charge in [-0.25, -0.2) is 9.50 Å². The molecule has 0 aromatic carbocycles. The molecule has 0 aliphatic carbocycles. The van der Waals surface area contributed by atoms with E-state index in [1.165, 1.54) is 0 Å². The number of pyridine rings is 2. The Kier molecular flexibility index (Phi) is 3.64. The highest BCUT2D eigenvalue weighted by Gasteiger charge is 2.23. The lowest BCUT2D eigenvalue weighted by molar-refractivity contribution is 0.544. The maximum absolute atomic E-state index is 6.02. The van der Waals surface area contributed by atoms with Gasteiger partial charge < -0.3 is 5.73 Å². The molecular weight excluding hydrogens is 306 g/mol. The molecule has 3 heterocycles. The van der Waals surface area contributed by atoms with E-state index in [1.807, 2.05) is 29.6 Å². The molecule has 23 heavy (non-hydrogen) atoms. The van der Waals surface area contributed by atoms with Gasteiger partial charge in [-0.2, -0.15) is 5.10 Å². The van der Waals surface area contributed by atoms with Gasteiger partial charge in [0.15, 0.2) is 11.5 Å². The summed E-state index contributed by atoms with van der Waals surface area (Å²) in [6.45, 7) is 8.25. The minimum Gasteiger partial charge on any atom is -0.389 e. The summed E-state index contributed by atoms with van der Waals surface area (Å²) in [7, 11) is 0. The Hall–Kier alpha value is -2.34. The van der Waals surface area contributed by atoms with Crippen molar-refractivity contribution in [3.63, 3.8) is 0 Å². The molecule has 0 saturated carbocycles. The summed E-state index contributed by atoms with van der Waals surface area (Å²) in [5.74, 6) is 0.765. The van der Waals surface area contributed by atoms with Gasteiger partial charge in [-0.15, -0.1) is 0 Å². The number of hydrogen-bond donors (Lipinski definition) is 1. The second-order valence-corrected chi connectivity index (χ2v) is 7.04. The van der Waals surface area contributed by atoms with Crippen LogP contribution in [0.2, 0.25) is 0 Å². The maximum atomic E-state index is 6.02. The molecule has 0 amide bonds. The molecule has 0 fully saturated rings. The Morgan fingerprint density at radius 3 is 2.61 bits per heavy atom. The van der Waals surface area contributed by atoms with Gasteiger partial charge in [-0.05, 0) is 24.6 Å². The summed E-state index contributed by atoms with van der Waals surface area (Å²) in [4.78, 5) is 9.21. The molecule has 3 aromatic heterocycles. The fourth-order valence-electron chi connectivity index (χ4n) is 2.49. The van der Waals surface area contributed by atoms with E-state index in [0.29, 0.717) is 10.6 Å². The molecule has 0 saturated heterocycles. The van der Waals surface area contributed by atoms with Gasteiger partial charge in [0.25, 0.3) is 0 Å². The zero-order valence-corrected chi connectivity index (χ0v) is 14.5. The molecule has 0 atom stereocenters. The number of aryl methyl sites for hydroxylation is 1. The molecule has 0 aliphatic heterocycles. The van der Waals surface area contributed by atoms with Crippen LogP contribution in [-0.2, 0) is 5.41 Å². The predicted molar refractivity (Wildman–Crippen MR) is 95.5 cm³/mol. The second-order valence-electron chi connectivity index (χ2n) is 6.60. The van der Waals surface area contributed by atoms with E-state index < -0.39 is 0 Å². The van der Waals surface area contributed by atoms with Crippen LogP contribution in [0.1, 0.15) is 37.9 Å². The molecule has 0 bridgehead atoms. The van der Waals surface area contributed by atoms with Crippen molar-refractivity contribution in [3.8, 4) is 11.1 Å². The quantitative estimate of drug-likeness (QED) is 0.733. The zero-order chi connectivity index (χ0) is 16.8. The SMILES string of the molecule is Cc1cc(-c2cccnc2)c(C(N)=S)c2nc(C(C)(C)C)nn12. The Labute approximate surface area is 140 Å². The number of fused-ring (bicyclic) bond motifs is 1. The summed E-state index contributed by atoms with van der Waals surface area (Å²) in [6, 6.07) is 5.91. The van der Waals surface area contributed by atoms with Crippen LogP contribution in [0, 0.1) is 6.92 Å². The second kappa shape index (κ2) is 5.38. The molecule has 6 heteroatoms. The minimum atomic E-state index is -0.152. The van der Waals surface area contributed by atoms with Crippen molar-refractivity contribution in [3.05, 3.63) is 47.7 Å². The fraction of sp³-hybridized carbons (Fsp3) is 0.294. The summed E-state index contributed by atoms with van der Waals surface area (Å²) in [5, 5.41) is 4.64. The van der Waals surface area contributed by atoms with Crippen molar-refractivity contribution in [2.45, 2.75) is 33.1 Å². The number of nitrogens with zero attached hydrogens (tertiary/aromatic N) is 4. The standard InChI is InChI=1S/C17H19N5S/c1-10-8-12(11-6-5-7-19-9-11)13(14(18)23)15-20-16(17(2,3)4)21-22(10)15/h5-9H,1-4H3,(H2,18,23). The van der Waals surface area contributed by atoms with E-state index >= 15 is 0 Å². The van der Waals surface area contributed by atoms with Gasteiger partial charge in [0.2, 0.25) is 0 Å². The first kappa shape index (κ1) is 15.6. The van der Waals surface area contributed by atoms with Gasteiger partial charge in [0.05, 0.1) is 5.56 Å². The van der Waals surface area contributed by atoms with Crippen LogP contribution in [0.3, 0.4) is 0 Å². The Morgan fingerprint density at radius 2 is 2.04 bits per heavy atom. The summed E-state index contributed by atoms with van der Waals surface area (Å²) >= 11 is 5.30. The number of rotatable bonds is 2. The highest BCUT2D eigenvalue weighted by Crippen LogP contribution is 2.29. The van der Waals surface area contributed by atoms with Crippen LogP contribution in [0.25, 0.3) is 16.8 Å². The average Bonchev–Trinajstić information content (AvgIpc) is 2.93. The van der Waals surface area contributed by atoms with Gasteiger partial charge in [-0.1, -0.05) is 39.1 Å². The van der Waals surface area contributed by atoms with Gasteiger partial charge in [0.1, 0.15) is 4.99 Å². The van der Waals surface area contributed by atoms with E-state index in [4.69, 9.17) is 22.9 Å². The highest BCUT2D eigenvalue weighted by molar-refractivity contribution is 7.80. The van der Waals surface area contributed by atoms with Crippen LogP contribution >= 0.6 is 12.2 Å². The lowest BCUT2D eigenvalue weighted by atomic mass is 9.96. The lowest BCUT2D eigenvalue weighted by Crippen LogP contribution is -2.14. The largest absolute Gasteiger partial charge is 0.389 e. The molecule has 0 radical (unpaired) electrons. The smallest absolute Gasteiger partial charge is 0.166 e. The average molecular weight is 325 g/mol. The Balaban J connectivity index is 2.39. The van der Waals surface area contributed by atoms with Crippen LogP contribution < -0.4 is 5.73 Å². The summed E-state index contributed by atoms with van der Waals surface area (Å²) in [6.07, 6.45) is 3.54. The number of nitrogens with two attached hydrogens (primary N) is 1. The third-order valence-electron chi connectivity index (χ3n) is 3.68. The molecule has 0 unspecified atom stereocenters. The number of hydrogen-bond acceptors (Lipinski definition) is 4. The molecule has 3 aromatic rings. The minimum absolute atomic E-state index is 0.152. The topological polar surface area (TPSA) is 69.1 Å². The lowest BCUT2D eigenvalue weighted by Gasteiger charge is -2.11. The maximum Gasteiger partial charge on any atom is 0.166 e. The Bertz CT molecular complexity index is 891. The third-order valence-corrected chi connectivity index (χ3v) is 3.88. The van der Waals surface area contributed by atoms with Crippen molar-refractivity contribution in [2.24, 2.45) is 5.73 Å². The molecule has 3 rings (SSSR count). The first-order chi connectivity index (χ1) is 10.8. The third kappa shape index (κ3) is 2.70. The van der Waals surface area contributed by atoms with Crippen molar-refractivity contribution in [1.29, 1.82) is 0 Å². The van der Waals surface area contributed by atoms with Crippen molar-refractivity contribution in [2.75, 3.05) is 0 Å². The van der Waals surface area contributed by atoms with Crippen molar-refractivity contribution in [1.82, 2.24) is 19.6 Å². The Morgan fingerprint density at radius 1 is 1.30 bits per heavy atom.